The number of carbonyl (C=O) groups is 2. The lowest BCUT2D eigenvalue weighted by atomic mass is 9.92. The minimum Gasteiger partial charge on any atom is -0.382 e. The zero-order valence-electron chi connectivity index (χ0n) is 13.5. The maximum absolute atomic E-state index is 12.9. The van der Waals surface area contributed by atoms with Crippen LogP contribution < -0.4 is 5.73 Å². The molecule has 1 fully saturated rings. The fourth-order valence-corrected chi connectivity index (χ4v) is 3.27. The molecule has 1 aliphatic rings. The zero-order valence-corrected chi connectivity index (χ0v) is 13.5. The first-order valence-corrected chi connectivity index (χ1v) is 7.57. The Morgan fingerprint density at radius 1 is 1.50 bits per heavy atom. The summed E-state index contributed by atoms with van der Waals surface area (Å²) in [7, 11) is 1.57. The van der Waals surface area contributed by atoms with Crippen LogP contribution in [0.1, 0.15) is 42.2 Å². The van der Waals surface area contributed by atoms with E-state index in [-0.39, 0.29) is 12.3 Å². The molecular weight excluding hydrogens is 284 g/mol. The molecule has 1 atom stereocenters. The van der Waals surface area contributed by atoms with E-state index in [4.69, 9.17) is 10.5 Å². The van der Waals surface area contributed by atoms with E-state index < -0.39 is 11.4 Å². The molecule has 1 aliphatic heterocycles. The lowest BCUT2D eigenvalue weighted by Crippen LogP contribution is -2.52. The molecule has 0 aromatic carbocycles. The summed E-state index contributed by atoms with van der Waals surface area (Å²) in [4.78, 5) is 26.1. The molecular formula is C15H24N4O3. The number of aromatic nitrogens is 2. The Bertz CT molecular complexity index is 569. The molecule has 7 heteroatoms. The van der Waals surface area contributed by atoms with Crippen LogP contribution in [0.25, 0.3) is 0 Å². The molecule has 22 heavy (non-hydrogen) atoms. The molecule has 0 aliphatic carbocycles. The fraction of sp³-hybridized carbons (Fsp3) is 0.667. The number of primary amides is 1. The smallest absolute Gasteiger partial charge is 0.257 e. The standard InChI is InChI=1S/C15H24N4O3/c1-4-18-9-12(11(2)17-18)14(21)19-7-5-6-15(19,10-22-3)8-13(16)20/h9H,4-8,10H2,1-3H3,(H2,16,20). The van der Waals surface area contributed by atoms with Crippen molar-refractivity contribution in [1.82, 2.24) is 14.7 Å². The largest absolute Gasteiger partial charge is 0.382 e. The molecule has 1 aromatic rings. The first kappa shape index (κ1) is 16.5. The van der Waals surface area contributed by atoms with Crippen molar-refractivity contribution in [3.05, 3.63) is 17.5 Å². The highest BCUT2D eigenvalue weighted by Crippen LogP contribution is 2.34. The number of likely N-dealkylation sites (tertiary alicyclic amines) is 1. The first-order valence-electron chi connectivity index (χ1n) is 7.57. The summed E-state index contributed by atoms with van der Waals surface area (Å²) >= 11 is 0. The van der Waals surface area contributed by atoms with Crippen molar-refractivity contribution in [2.24, 2.45) is 5.73 Å². The monoisotopic (exact) mass is 308 g/mol. The maximum Gasteiger partial charge on any atom is 0.257 e. The Kier molecular flexibility index (Phi) is 4.85. The third kappa shape index (κ3) is 2.99. The van der Waals surface area contributed by atoms with E-state index in [1.54, 1.807) is 22.9 Å². The lowest BCUT2D eigenvalue weighted by molar-refractivity contribution is -0.121. The van der Waals surface area contributed by atoms with Crippen LogP contribution in [0.15, 0.2) is 6.20 Å². The van der Waals surface area contributed by atoms with Gasteiger partial charge in [0, 0.05) is 26.4 Å². The van der Waals surface area contributed by atoms with Crippen molar-refractivity contribution in [2.75, 3.05) is 20.3 Å². The molecule has 2 amide bonds. The van der Waals surface area contributed by atoms with Gasteiger partial charge in [-0.05, 0) is 26.7 Å². The van der Waals surface area contributed by atoms with E-state index in [9.17, 15) is 9.59 Å². The second-order valence-electron chi connectivity index (χ2n) is 5.84. The normalized spacial score (nSPS) is 21.3. The molecule has 0 radical (unpaired) electrons. The molecule has 122 valence electrons. The molecule has 1 unspecified atom stereocenters. The van der Waals surface area contributed by atoms with Crippen LogP contribution >= 0.6 is 0 Å². The highest BCUT2D eigenvalue weighted by atomic mass is 16.5. The van der Waals surface area contributed by atoms with Crippen LogP contribution in [-0.2, 0) is 16.1 Å². The van der Waals surface area contributed by atoms with Crippen LogP contribution in [0.5, 0.6) is 0 Å². The average molecular weight is 308 g/mol. The summed E-state index contributed by atoms with van der Waals surface area (Å²) in [6, 6.07) is 0. The fourth-order valence-electron chi connectivity index (χ4n) is 3.27. The van der Waals surface area contributed by atoms with Gasteiger partial charge in [0.25, 0.3) is 5.91 Å². The third-order valence-corrected chi connectivity index (χ3v) is 4.26. The highest BCUT2D eigenvalue weighted by Gasteiger charge is 2.45. The van der Waals surface area contributed by atoms with Gasteiger partial charge >= 0.3 is 0 Å². The number of nitrogens with two attached hydrogens (primary N) is 1. The number of carbonyl (C=O) groups excluding carboxylic acids is 2. The molecule has 7 nitrogen and oxygen atoms in total. The van der Waals surface area contributed by atoms with Gasteiger partial charge in [-0.25, -0.2) is 0 Å². The molecule has 2 N–H and O–H groups in total. The van der Waals surface area contributed by atoms with Crippen LogP contribution in [-0.4, -0.2) is 52.3 Å². The third-order valence-electron chi connectivity index (χ3n) is 4.26. The van der Waals surface area contributed by atoms with Crippen LogP contribution in [0, 0.1) is 6.92 Å². The SMILES string of the molecule is CCn1cc(C(=O)N2CCCC2(COC)CC(N)=O)c(C)n1. The molecule has 1 saturated heterocycles. The van der Waals surface area contributed by atoms with E-state index in [1.165, 1.54) is 0 Å². The van der Waals surface area contributed by atoms with Gasteiger partial charge in [0.15, 0.2) is 0 Å². The van der Waals surface area contributed by atoms with Gasteiger partial charge in [-0.1, -0.05) is 0 Å². The van der Waals surface area contributed by atoms with Crippen molar-refractivity contribution in [1.29, 1.82) is 0 Å². The van der Waals surface area contributed by atoms with Crippen LogP contribution in [0.3, 0.4) is 0 Å². The van der Waals surface area contributed by atoms with Gasteiger partial charge in [0.05, 0.1) is 29.8 Å². The molecule has 0 spiro atoms. The zero-order chi connectivity index (χ0) is 16.3. The van der Waals surface area contributed by atoms with E-state index in [2.05, 4.69) is 5.10 Å². The summed E-state index contributed by atoms with van der Waals surface area (Å²) in [6.07, 6.45) is 3.44. The predicted molar refractivity (Wildman–Crippen MR) is 81.3 cm³/mol. The summed E-state index contributed by atoms with van der Waals surface area (Å²) in [5.74, 6) is -0.522. The Hall–Kier alpha value is -1.89. The van der Waals surface area contributed by atoms with E-state index in [0.29, 0.717) is 31.0 Å². The molecule has 0 saturated carbocycles. The van der Waals surface area contributed by atoms with Crippen molar-refractivity contribution < 1.29 is 14.3 Å². The van der Waals surface area contributed by atoms with E-state index >= 15 is 0 Å². The highest BCUT2D eigenvalue weighted by molar-refractivity contribution is 5.96. The number of aryl methyl sites for hydroxylation is 2. The Morgan fingerprint density at radius 2 is 2.23 bits per heavy atom. The van der Waals surface area contributed by atoms with Crippen LogP contribution in [0.4, 0.5) is 0 Å². The van der Waals surface area contributed by atoms with Gasteiger partial charge in [0.2, 0.25) is 5.91 Å². The number of ether oxygens (including phenoxy) is 1. The van der Waals surface area contributed by atoms with Gasteiger partial charge in [0.1, 0.15) is 0 Å². The summed E-state index contributed by atoms with van der Waals surface area (Å²) in [6.45, 7) is 5.41. The number of nitrogens with zero attached hydrogens (tertiary/aromatic N) is 3. The van der Waals surface area contributed by atoms with Gasteiger partial charge in [-0.3, -0.25) is 14.3 Å². The Morgan fingerprint density at radius 3 is 2.77 bits per heavy atom. The van der Waals surface area contributed by atoms with Gasteiger partial charge in [-0.2, -0.15) is 5.10 Å². The van der Waals surface area contributed by atoms with Gasteiger partial charge in [-0.15, -0.1) is 0 Å². The Balaban J connectivity index is 2.33. The molecule has 2 rings (SSSR count). The minimum absolute atomic E-state index is 0.104. The second-order valence-corrected chi connectivity index (χ2v) is 5.84. The predicted octanol–water partition coefficient (Wildman–Crippen LogP) is 0.708. The number of hydrogen-bond donors (Lipinski definition) is 1. The van der Waals surface area contributed by atoms with Crippen molar-refractivity contribution in [2.45, 2.75) is 45.2 Å². The lowest BCUT2D eigenvalue weighted by Gasteiger charge is -2.37. The molecule has 2 heterocycles. The van der Waals surface area contributed by atoms with E-state index in [0.717, 1.165) is 12.8 Å². The van der Waals surface area contributed by atoms with Crippen molar-refractivity contribution in [3.8, 4) is 0 Å². The number of methoxy groups -OCH3 is 1. The Labute approximate surface area is 130 Å². The van der Waals surface area contributed by atoms with Gasteiger partial charge < -0.3 is 15.4 Å². The first-order chi connectivity index (χ1) is 10.4. The summed E-state index contributed by atoms with van der Waals surface area (Å²) in [5, 5.41) is 4.32. The molecule has 1 aromatic heterocycles. The van der Waals surface area contributed by atoms with Crippen molar-refractivity contribution in [3.63, 3.8) is 0 Å². The number of hydrogen-bond acceptors (Lipinski definition) is 4. The van der Waals surface area contributed by atoms with Crippen molar-refractivity contribution >= 4 is 11.8 Å². The maximum atomic E-state index is 12.9. The average Bonchev–Trinajstić information content (AvgIpc) is 3.02. The minimum atomic E-state index is -0.640. The topological polar surface area (TPSA) is 90.5 Å². The van der Waals surface area contributed by atoms with E-state index in [1.807, 2.05) is 13.8 Å². The summed E-state index contributed by atoms with van der Waals surface area (Å²) < 4.78 is 7.02. The second kappa shape index (κ2) is 6.48. The quantitative estimate of drug-likeness (QED) is 0.838. The summed E-state index contributed by atoms with van der Waals surface area (Å²) in [5.41, 5.74) is 6.03. The molecule has 0 bridgehead atoms. The number of rotatable bonds is 6. The number of amides is 2. The van der Waals surface area contributed by atoms with Crippen LogP contribution in [0.2, 0.25) is 0 Å².